The third kappa shape index (κ3) is 6.20. The van der Waals surface area contributed by atoms with E-state index in [9.17, 15) is 13.2 Å². The predicted molar refractivity (Wildman–Crippen MR) is 113 cm³/mol. The van der Waals surface area contributed by atoms with Gasteiger partial charge >= 0.3 is 6.03 Å². The summed E-state index contributed by atoms with van der Waals surface area (Å²) in [5.74, 6) is 0.813. The molecule has 156 valence electrons. The van der Waals surface area contributed by atoms with E-state index in [0.717, 1.165) is 18.4 Å². The number of likely N-dealkylation sites (tertiary alicyclic amines) is 1. The van der Waals surface area contributed by atoms with Gasteiger partial charge < -0.3 is 15.0 Å². The Labute approximate surface area is 172 Å². The first-order valence-electron chi connectivity index (χ1n) is 9.67. The number of nitrogens with one attached hydrogen (secondary N) is 2. The number of rotatable bonds is 7. The van der Waals surface area contributed by atoms with Crippen LogP contribution in [0, 0.1) is 5.92 Å². The van der Waals surface area contributed by atoms with Gasteiger partial charge in [-0.25, -0.2) is 17.9 Å². The zero-order chi connectivity index (χ0) is 20.7. The van der Waals surface area contributed by atoms with Crippen LogP contribution in [0.15, 0.2) is 54.6 Å². The maximum absolute atomic E-state index is 12.5. The van der Waals surface area contributed by atoms with Gasteiger partial charge in [0.25, 0.3) is 0 Å². The molecule has 2 aromatic rings. The van der Waals surface area contributed by atoms with Crippen LogP contribution in [-0.2, 0) is 15.8 Å². The molecule has 1 fully saturated rings. The number of methoxy groups -OCH3 is 1. The summed E-state index contributed by atoms with van der Waals surface area (Å²) in [6, 6.07) is 16.2. The Morgan fingerprint density at radius 1 is 1.07 bits per heavy atom. The lowest BCUT2D eigenvalue weighted by Gasteiger charge is -2.32. The quantitative estimate of drug-likeness (QED) is 0.725. The van der Waals surface area contributed by atoms with Crippen molar-refractivity contribution >= 4 is 21.7 Å². The van der Waals surface area contributed by atoms with E-state index in [1.54, 1.807) is 36.3 Å². The topological polar surface area (TPSA) is 87.7 Å². The van der Waals surface area contributed by atoms with Gasteiger partial charge in [-0.15, -0.1) is 0 Å². The van der Waals surface area contributed by atoms with Crippen molar-refractivity contribution in [3.8, 4) is 5.75 Å². The number of sulfonamides is 1. The van der Waals surface area contributed by atoms with Crippen LogP contribution in [0.25, 0.3) is 0 Å². The molecule has 2 N–H and O–H groups in total. The molecule has 0 bridgehead atoms. The van der Waals surface area contributed by atoms with Crippen molar-refractivity contribution in [2.24, 2.45) is 5.92 Å². The molecule has 3 rings (SSSR count). The Bertz CT molecular complexity index is 911. The Morgan fingerprint density at radius 3 is 2.41 bits per heavy atom. The second-order valence-electron chi connectivity index (χ2n) is 7.15. The second kappa shape index (κ2) is 9.76. The van der Waals surface area contributed by atoms with Crippen molar-refractivity contribution in [3.05, 3.63) is 60.2 Å². The normalized spacial score (nSPS) is 15.1. The number of para-hydroxylation sites is 2. The molecular formula is C21H27N3O4S. The number of carbonyl (C=O) groups is 1. The lowest BCUT2D eigenvalue weighted by molar-refractivity contribution is 0.183. The Balaban J connectivity index is 1.45. The molecule has 0 aliphatic carbocycles. The molecule has 0 aromatic heterocycles. The summed E-state index contributed by atoms with van der Waals surface area (Å²) in [6.45, 7) is 1.58. The number of hydrogen-bond donors (Lipinski definition) is 2. The first kappa shape index (κ1) is 21.1. The first-order chi connectivity index (χ1) is 14.0. The summed E-state index contributed by atoms with van der Waals surface area (Å²) >= 11 is 0. The van der Waals surface area contributed by atoms with Gasteiger partial charge in [-0.2, -0.15) is 0 Å². The number of anilines is 1. The number of amides is 2. The third-order valence-electron chi connectivity index (χ3n) is 5.04. The van der Waals surface area contributed by atoms with Crippen LogP contribution < -0.4 is 14.8 Å². The van der Waals surface area contributed by atoms with Gasteiger partial charge in [0.15, 0.2) is 0 Å². The number of carbonyl (C=O) groups excluding carboxylic acids is 1. The molecule has 1 aliphatic heterocycles. The van der Waals surface area contributed by atoms with Gasteiger partial charge in [0.2, 0.25) is 10.0 Å². The van der Waals surface area contributed by atoms with Crippen LogP contribution >= 0.6 is 0 Å². The van der Waals surface area contributed by atoms with Crippen molar-refractivity contribution in [3.63, 3.8) is 0 Å². The molecule has 1 heterocycles. The molecular weight excluding hydrogens is 390 g/mol. The maximum atomic E-state index is 12.5. The molecule has 0 spiro atoms. The zero-order valence-electron chi connectivity index (χ0n) is 16.5. The van der Waals surface area contributed by atoms with Crippen molar-refractivity contribution in [2.75, 3.05) is 32.1 Å². The standard InChI is InChI=1S/C21H27N3O4S/c1-28-20-10-6-5-9-19(20)23-21(25)24-13-11-17(12-14-24)15-22-29(26,27)16-18-7-3-2-4-8-18/h2-10,17,22H,11-16H2,1H3,(H,23,25). The van der Waals surface area contributed by atoms with Crippen LogP contribution in [0.5, 0.6) is 5.75 Å². The third-order valence-corrected chi connectivity index (χ3v) is 6.36. The van der Waals surface area contributed by atoms with E-state index in [0.29, 0.717) is 31.1 Å². The van der Waals surface area contributed by atoms with Crippen LogP contribution in [0.1, 0.15) is 18.4 Å². The predicted octanol–water partition coefficient (Wildman–Crippen LogP) is 3.06. The fraction of sp³-hybridized carbons (Fsp3) is 0.381. The lowest BCUT2D eigenvalue weighted by Crippen LogP contribution is -2.43. The first-order valence-corrected chi connectivity index (χ1v) is 11.3. The largest absolute Gasteiger partial charge is 0.495 e. The highest BCUT2D eigenvalue weighted by Gasteiger charge is 2.24. The van der Waals surface area contributed by atoms with Crippen molar-refractivity contribution < 1.29 is 17.9 Å². The second-order valence-corrected chi connectivity index (χ2v) is 8.96. The summed E-state index contributed by atoms with van der Waals surface area (Å²) < 4.78 is 32.5. The fourth-order valence-corrected chi connectivity index (χ4v) is 4.59. The van der Waals surface area contributed by atoms with Crippen molar-refractivity contribution in [2.45, 2.75) is 18.6 Å². The van der Waals surface area contributed by atoms with E-state index in [-0.39, 0.29) is 17.7 Å². The molecule has 0 radical (unpaired) electrons. The van der Waals surface area contributed by atoms with Crippen LogP contribution in [0.2, 0.25) is 0 Å². The average molecular weight is 418 g/mol. The molecule has 0 saturated carbocycles. The lowest BCUT2D eigenvalue weighted by atomic mass is 9.97. The van der Waals surface area contributed by atoms with Crippen molar-refractivity contribution in [1.29, 1.82) is 0 Å². The highest BCUT2D eigenvalue weighted by molar-refractivity contribution is 7.88. The van der Waals surface area contributed by atoms with Crippen molar-refractivity contribution in [1.82, 2.24) is 9.62 Å². The average Bonchev–Trinajstić information content (AvgIpc) is 2.73. The molecule has 2 amide bonds. The molecule has 1 saturated heterocycles. The molecule has 7 nitrogen and oxygen atoms in total. The van der Waals surface area contributed by atoms with Gasteiger partial charge in [-0.05, 0) is 36.5 Å². The monoisotopic (exact) mass is 417 g/mol. The Hall–Kier alpha value is -2.58. The fourth-order valence-electron chi connectivity index (χ4n) is 3.37. The summed E-state index contributed by atoms with van der Waals surface area (Å²) in [5, 5.41) is 2.88. The Kier molecular flexibility index (Phi) is 7.11. The van der Waals surface area contributed by atoms with E-state index in [2.05, 4.69) is 10.0 Å². The van der Waals surface area contributed by atoms with Gasteiger partial charge in [0.1, 0.15) is 5.75 Å². The zero-order valence-corrected chi connectivity index (χ0v) is 17.3. The van der Waals surface area contributed by atoms with Gasteiger partial charge in [0.05, 0.1) is 18.6 Å². The van der Waals surface area contributed by atoms with Crippen LogP contribution in [0.4, 0.5) is 10.5 Å². The van der Waals surface area contributed by atoms with E-state index in [4.69, 9.17) is 4.74 Å². The minimum absolute atomic E-state index is 0.0198. The smallest absolute Gasteiger partial charge is 0.321 e. The molecule has 1 aliphatic rings. The Morgan fingerprint density at radius 2 is 1.72 bits per heavy atom. The van der Waals surface area contributed by atoms with E-state index in [1.807, 2.05) is 30.3 Å². The van der Waals surface area contributed by atoms with Gasteiger partial charge in [-0.3, -0.25) is 0 Å². The SMILES string of the molecule is COc1ccccc1NC(=O)N1CCC(CNS(=O)(=O)Cc2ccccc2)CC1. The van der Waals surface area contributed by atoms with Crippen LogP contribution in [0.3, 0.4) is 0 Å². The van der Waals surface area contributed by atoms with Gasteiger partial charge in [0, 0.05) is 19.6 Å². The summed E-state index contributed by atoms with van der Waals surface area (Å²) in [5.41, 5.74) is 1.40. The number of ether oxygens (including phenoxy) is 1. The van der Waals surface area contributed by atoms with E-state index < -0.39 is 10.0 Å². The number of nitrogens with zero attached hydrogens (tertiary/aromatic N) is 1. The highest BCUT2D eigenvalue weighted by atomic mass is 32.2. The molecule has 29 heavy (non-hydrogen) atoms. The molecule has 2 aromatic carbocycles. The summed E-state index contributed by atoms with van der Waals surface area (Å²) in [4.78, 5) is 14.3. The highest BCUT2D eigenvalue weighted by Crippen LogP contribution is 2.24. The molecule has 0 atom stereocenters. The van der Waals surface area contributed by atoms with E-state index in [1.165, 1.54) is 0 Å². The summed E-state index contributed by atoms with van der Waals surface area (Å²) in [6.07, 6.45) is 1.51. The van der Waals surface area contributed by atoms with Crippen LogP contribution in [-0.4, -0.2) is 46.1 Å². The number of piperidine rings is 1. The molecule has 8 heteroatoms. The minimum Gasteiger partial charge on any atom is -0.495 e. The molecule has 0 unspecified atom stereocenters. The maximum Gasteiger partial charge on any atom is 0.321 e. The summed E-state index contributed by atoms with van der Waals surface area (Å²) in [7, 11) is -1.80. The number of hydrogen-bond acceptors (Lipinski definition) is 4. The van der Waals surface area contributed by atoms with Gasteiger partial charge in [-0.1, -0.05) is 42.5 Å². The number of benzene rings is 2. The van der Waals surface area contributed by atoms with E-state index >= 15 is 0 Å². The number of urea groups is 1. The minimum atomic E-state index is -3.37.